The molecule has 21 heavy (non-hydrogen) atoms. The van der Waals surface area contributed by atoms with Crippen molar-refractivity contribution in [1.82, 2.24) is 4.90 Å². The SMILES string of the molecule is O=C(O)CC1CCCN1CCC(=O)Nc1cccc(Cl)c1. The lowest BCUT2D eigenvalue weighted by Gasteiger charge is -2.22. The van der Waals surface area contributed by atoms with Crippen LogP contribution in [-0.4, -0.2) is 41.0 Å². The molecule has 1 heterocycles. The molecular weight excluding hydrogens is 292 g/mol. The highest BCUT2D eigenvalue weighted by atomic mass is 35.5. The fourth-order valence-corrected chi connectivity index (χ4v) is 2.85. The van der Waals surface area contributed by atoms with E-state index in [1.165, 1.54) is 0 Å². The maximum Gasteiger partial charge on any atom is 0.304 e. The topological polar surface area (TPSA) is 69.6 Å². The largest absolute Gasteiger partial charge is 0.481 e. The molecule has 1 saturated heterocycles. The van der Waals surface area contributed by atoms with E-state index in [-0.39, 0.29) is 18.4 Å². The fourth-order valence-electron chi connectivity index (χ4n) is 2.66. The second kappa shape index (κ2) is 7.43. The number of amides is 1. The molecule has 1 aromatic carbocycles. The van der Waals surface area contributed by atoms with Crippen molar-refractivity contribution in [3.05, 3.63) is 29.3 Å². The molecule has 5 nitrogen and oxygen atoms in total. The molecule has 0 radical (unpaired) electrons. The van der Waals surface area contributed by atoms with Crippen molar-refractivity contribution in [2.24, 2.45) is 0 Å². The van der Waals surface area contributed by atoms with Crippen LogP contribution in [0.25, 0.3) is 0 Å². The minimum atomic E-state index is -0.782. The van der Waals surface area contributed by atoms with E-state index in [0.29, 0.717) is 23.7 Å². The van der Waals surface area contributed by atoms with Gasteiger partial charge in [-0.2, -0.15) is 0 Å². The van der Waals surface area contributed by atoms with Crippen LogP contribution in [0.2, 0.25) is 5.02 Å². The predicted molar refractivity (Wildman–Crippen MR) is 81.5 cm³/mol. The molecule has 6 heteroatoms. The summed E-state index contributed by atoms with van der Waals surface area (Å²) in [7, 11) is 0. The Morgan fingerprint density at radius 2 is 2.24 bits per heavy atom. The molecular formula is C15H19ClN2O3. The molecule has 2 rings (SSSR count). The Morgan fingerprint density at radius 1 is 1.43 bits per heavy atom. The molecule has 0 aromatic heterocycles. The Labute approximate surface area is 128 Å². The average Bonchev–Trinajstić information content (AvgIpc) is 2.83. The lowest BCUT2D eigenvalue weighted by atomic mass is 10.1. The molecule has 2 N–H and O–H groups in total. The molecule has 1 aliphatic rings. The van der Waals surface area contributed by atoms with Crippen molar-refractivity contribution in [2.45, 2.75) is 31.7 Å². The monoisotopic (exact) mass is 310 g/mol. The van der Waals surface area contributed by atoms with E-state index < -0.39 is 5.97 Å². The van der Waals surface area contributed by atoms with Gasteiger partial charge in [0.05, 0.1) is 6.42 Å². The molecule has 0 saturated carbocycles. The van der Waals surface area contributed by atoms with Crippen LogP contribution in [0.15, 0.2) is 24.3 Å². The lowest BCUT2D eigenvalue weighted by molar-refractivity contribution is -0.138. The fraction of sp³-hybridized carbons (Fsp3) is 0.467. The van der Waals surface area contributed by atoms with Crippen LogP contribution in [0.3, 0.4) is 0 Å². The average molecular weight is 311 g/mol. The second-order valence-electron chi connectivity index (χ2n) is 5.24. The van der Waals surface area contributed by atoms with Crippen molar-refractivity contribution in [3.8, 4) is 0 Å². The summed E-state index contributed by atoms with van der Waals surface area (Å²) in [6.45, 7) is 1.45. The van der Waals surface area contributed by atoms with Crippen molar-refractivity contribution < 1.29 is 14.7 Å². The molecule has 0 spiro atoms. The van der Waals surface area contributed by atoms with Gasteiger partial charge in [-0.15, -0.1) is 0 Å². The van der Waals surface area contributed by atoms with Crippen LogP contribution >= 0.6 is 11.6 Å². The zero-order valence-corrected chi connectivity index (χ0v) is 12.5. The van der Waals surface area contributed by atoms with Crippen LogP contribution in [-0.2, 0) is 9.59 Å². The predicted octanol–water partition coefficient (Wildman–Crippen LogP) is 2.61. The van der Waals surface area contributed by atoms with Gasteiger partial charge in [0.25, 0.3) is 0 Å². The molecule has 1 atom stereocenters. The summed E-state index contributed by atoms with van der Waals surface area (Å²) in [6, 6.07) is 7.07. The highest BCUT2D eigenvalue weighted by Gasteiger charge is 2.26. The number of carboxylic acid groups (broad SMARTS) is 1. The smallest absolute Gasteiger partial charge is 0.304 e. The molecule has 114 valence electrons. The highest BCUT2D eigenvalue weighted by Crippen LogP contribution is 2.20. The number of carboxylic acids is 1. The third-order valence-corrected chi connectivity index (χ3v) is 3.88. The number of hydrogen-bond donors (Lipinski definition) is 2. The minimum absolute atomic E-state index is 0.0569. The zero-order chi connectivity index (χ0) is 15.2. The van der Waals surface area contributed by atoms with Gasteiger partial charge in [-0.05, 0) is 37.6 Å². The Hall–Kier alpha value is -1.59. The van der Waals surface area contributed by atoms with Gasteiger partial charge < -0.3 is 10.4 Å². The van der Waals surface area contributed by atoms with Crippen LogP contribution in [0, 0.1) is 0 Å². The first-order valence-corrected chi connectivity index (χ1v) is 7.43. The van der Waals surface area contributed by atoms with Gasteiger partial charge >= 0.3 is 5.97 Å². The first-order valence-electron chi connectivity index (χ1n) is 7.06. The third-order valence-electron chi connectivity index (χ3n) is 3.64. The Morgan fingerprint density at radius 3 is 2.95 bits per heavy atom. The number of benzene rings is 1. The van der Waals surface area contributed by atoms with Crippen molar-refractivity contribution >= 4 is 29.2 Å². The van der Waals surface area contributed by atoms with Crippen LogP contribution in [0.5, 0.6) is 0 Å². The zero-order valence-electron chi connectivity index (χ0n) is 11.7. The highest BCUT2D eigenvalue weighted by molar-refractivity contribution is 6.30. The summed E-state index contributed by atoms with van der Waals surface area (Å²) >= 11 is 5.86. The van der Waals surface area contributed by atoms with Crippen LogP contribution in [0.4, 0.5) is 5.69 Å². The maximum atomic E-state index is 11.9. The number of carbonyl (C=O) groups excluding carboxylic acids is 1. The number of hydrogen-bond acceptors (Lipinski definition) is 3. The minimum Gasteiger partial charge on any atom is -0.481 e. The summed E-state index contributed by atoms with van der Waals surface area (Å²) in [5, 5.41) is 12.2. The van der Waals surface area contributed by atoms with E-state index in [0.717, 1.165) is 19.4 Å². The van der Waals surface area contributed by atoms with Crippen molar-refractivity contribution in [2.75, 3.05) is 18.4 Å². The van der Waals surface area contributed by atoms with E-state index in [4.69, 9.17) is 16.7 Å². The van der Waals surface area contributed by atoms with E-state index in [1.54, 1.807) is 24.3 Å². The maximum absolute atomic E-state index is 11.9. The standard InChI is InChI=1S/C15H19ClN2O3/c16-11-3-1-4-12(9-11)17-14(19)6-8-18-7-2-5-13(18)10-15(20)21/h1,3-4,9,13H,2,5-8,10H2,(H,17,19)(H,20,21). The van der Waals surface area contributed by atoms with Crippen LogP contribution < -0.4 is 5.32 Å². The number of nitrogens with zero attached hydrogens (tertiary/aromatic N) is 1. The van der Waals surface area contributed by atoms with Crippen LogP contribution in [0.1, 0.15) is 25.7 Å². The molecule has 1 aliphatic heterocycles. The summed E-state index contributed by atoms with van der Waals surface area (Å²) in [4.78, 5) is 24.8. The molecule has 1 aromatic rings. The summed E-state index contributed by atoms with van der Waals surface area (Å²) in [5.74, 6) is -0.867. The van der Waals surface area contributed by atoms with Gasteiger partial charge in [0.1, 0.15) is 0 Å². The quantitative estimate of drug-likeness (QED) is 0.847. The normalized spacial score (nSPS) is 18.6. The third kappa shape index (κ3) is 5.02. The summed E-state index contributed by atoms with van der Waals surface area (Å²) in [5.41, 5.74) is 0.677. The number of rotatable bonds is 6. The Bertz CT molecular complexity index is 521. The lowest BCUT2D eigenvalue weighted by Crippen LogP contribution is -2.33. The first-order chi connectivity index (χ1) is 10.0. The van der Waals surface area contributed by atoms with Gasteiger partial charge in [0.2, 0.25) is 5.91 Å². The van der Waals surface area contributed by atoms with Gasteiger partial charge in [-0.25, -0.2) is 0 Å². The van der Waals surface area contributed by atoms with Gasteiger partial charge in [-0.3, -0.25) is 14.5 Å². The van der Waals surface area contributed by atoms with Crippen molar-refractivity contribution in [1.29, 1.82) is 0 Å². The van der Waals surface area contributed by atoms with E-state index in [1.807, 2.05) is 0 Å². The summed E-state index contributed by atoms with van der Waals surface area (Å²) in [6.07, 6.45) is 2.38. The molecule has 1 amide bonds. The Balaban J connectivity index is 1.79. The number of nitrogens with one attached hydrogen (secondary N) is 1. The number of anilines is 1. The number of likely N-dealkylation sites (tertiary alicyclic amines) is 1. The molecule has 1 unspecified atom stereocenters. The first kappa shape index (κ1) is 15.8. The molecule has 1 fully saturated rings. The van der Waals surface area contributed by atoms with E-state index >= 15 is 0 Å². The van der Waals surface area contributed by atoms with E-state index in [9.17, 15) is 9.59 Å². The Kier molecular flexibility index (Phi) is 5.59. The molecule has 0 bridgehead atoms. The summed E-state index contributed by atoms with van der Waals surface area (Å²) < 4.78 is 0. The van der Waals surface area contributed by atoms with Gasteiger partial charge in [0.15, 0.2) is 0 Å². The van der Waals surface area contributed by atoms with Crippen molar-refractivity contribution in [3.63, 3.8) is 0 Å². The second-order valence-corrected chi connectivity index (χ2v) is 5.67. The number of carbonyl (C=O) groups is 2. The number of aliphatic carboxylic acids is 1. The molecule has 0 aliphatic carbocycles. The van der Waals surface area contributed by atoms with Gasteiger partial charge in [-0.1, -0.05) is 17.7 Å². The van der Waals surface area contributed by atoms with Gasteiger partial charge in [0, 0.05) is 29.7 Å². The number of halogens is 1. The van der Waals surface area contributed by atoms with E-state index in [2.05, 4.69) is 10.2 Å².